The van der Waals surface area contributed by atoms with Crippen molar-refractivity contribution >= 4 is 11.8 Å². The van der Waals surface area contributed by atoms with Gasteiger partial charge in [-0.1, -0.05) is 30.9 Å². The molecular weight excluding hydrogens is 346 g/mol. The van der Waals surface area contributed by atoms with Gasteiger partial charge in [-0.25, -0.2) is 4.68 Å². The highest BCUT2D eigenvalue weighted by Gasteiger charge is 2.37. The van der Waals surface area contributed by atoms with Crippen LogP contribution < -0.4 is 5.32 Å². The second-order valence-electron chi connectivity index (χ2n) is 7.97. The summed E-state index contributed by atoms with van der Waals surface area (Å²) >= 11 is 0. The van der Waals surface area contributed by atoms with E-state index in [-0.39, 0.29) is 42.8 Å². The number of piperidine rings is 1. The molecular formula is C19H29N5O3. The van der Waals surface area contributed by atoms with E-state index >= 15 is 0 Å². The minimum Gasteiger partial charge on any atom is -0.370 e. The molecule has 0 bridgehead atoms. The van der Waals surface area contributed by atoms with Crippen LogP contribution in [0.25, 0.3) is 0 Å². The van der Waals surface area contributed by atoms with Gasteiger partial charge in [0.1, 0.15) is 0 Å². The summed E-state index contributed by atoms with van der Waals surface area (Å²) in [6.45, 7) is 1.78. The summed E-state index contributed by atoms with van der Waals surface area (Å²) in [4.78, 5) is 26.7. The van der Waals surface area contributed by atoms with E-state index in [1.54, 1.807) is 6.20 Å². The van der Waals surface area contributed by atoms with Gasteiger partial charge < -0.3 is 15.0 Å². The monoisotopic (exact) mass is 375 g/mol. The molecule has 1 aromatic rings. The Labute approximate surface area is 159 Å². The first-order valence-corrected chi connectivity index (χ1v) is 10.3. The molecule has 1 N–H and O–H groups in total. The molecule has 8 heteroatoms. The van der Waals surface area contributed by atoms with Crippen molar-refractivity contribution in [2.75, 3.05) is 13.1 Å². The maximum Gasteiger partial charge on any atom is 0.223 e. The van der Waals surface area contributed by atoms with E-state index in [0.29, 0.717) is 19.7 Å². The lowest BCUT2D eigenvalue weighted by Crippen LogP contribution is -2.50. The topological polar surface area (TPSA) is 89.3 Å². The first-order chi connectivity index (χ1) is 13.2. The van der Waals surface area contributed by atoms with Crippen molar-refractivity contribution in [3.63, 3.8) is 0 Å². The van der Waals surface area contributed by atoms with Crippen molar-refractivity contribution in [1.29, 1.82) is 0 Å². The van der Waals surface area contributed by atoms with Gasteiger partial charge in [-0.05, 0) is 19.3 Å². The van der Waals surface area contributed by atoms with Crippen LogP contribution in [0.3, 0.4) is 0 Å². The Balaban J connectivity index is 1.26. The van der Waals surface area contributed by atoms with Gasteiger partial charge in [0.15, 0.2) is 0 Å². The minimum atomic E-state index is 0.00435. The van der Waals surface area contributed by atoms with Crippen molar-refractivity contribution in [1.82, 2.24) is 25.2 Å². The second kappa shape index (κ2) is 8.37. The summed E-state index contributed by atoms with van der Waals surface area (Å²) in [6, 6.07) is 0.310. The van der Waals surface area contributed by atoms with Gasteiger partial charge in [0, 0.05) is 32.0 Å². The fraction of sp³-hybridized carbons (Fsp3) is 0.789. The van der Waals surface area contributed by atoms with Crippen LogP contribution in [0.1, 0.15) is 69.5 Å². The predicted octanol–water partition coefficient (Wildman–Crippen LogP) is 1.57. The normalized spacial score (nSPS) is 26.0. The number of rotatable bonds is 4. The zero-order valence-corrected chi connectivity index (χ0v) is 15.8. The Morgan fingerprint density at radius 2 is 1.96 bits per heavy atom. The highest BCUT2D eigenvalue weighted by Crippen LogP contribution is 2.30. The number of hydrogen-bond acceptors (Lipinski definition) is 5. The average molecular weight is 375 g/mol. The van der Waals surface area contributed by atoms with Crippen LogP contribution in [-0.2, 0) is 20.9 Å². The fourth-order valence-corrected chi connectivity index (χ4v) is 4.51. The molecule has 1 saturated heterocycles. The van der Waals surface area contributed by atoms with Gasteiger partial charge in [0.2, 0.25) is 11.8 Å². The Morgan fingerprint density at radius 1 is 1.15 bits per heavy atom. The number of hydrogen-bond donors (Lipinski definition) is 1. The lowest BCUT2D eigenvalue weighted by atomic mass is 10.00. The first kappa shape index (κ1) is 18.4. The van der Waals surface area contributed by atoms with E-state index in [1.165, 1.54) is 25.7 Å². The number of aromatic nitrogens is 3. The fourth-order valence-electron chi connectivity index (χ4n) is 4.51. The third kappa shape index (κ3) is 4.31. The van der Waals surface area contributed by atoms with Gasteiger partial charge >= 0.3 is 0 Å². The molecule has 0 spiro atoms. The van der Waals surface area contributed by atoms with Crippen LogP contribution in [0, 0.1) is 0 Å². The Bertz CT molecular complexity index is 668. The van der Waals surface area contributed by atoms with Gasteiger partial charge in [0.05, 0.1) is 30.6 Å². The molecule has 0 radical (unpaired) electrons. The molecule has 1 aliphatic carbocycles. The molecule has 2 atom stereocenters. The maximum absolute atomic E-state index is 12.6. The average Bonchev–Trinajstić information content (AvgIpc) is 3.03. The summed E-state index contributed by atoms with van der Waals surface area (Å²) in [5.41, 5.74) is 0.952. The summed E-state index contributed by atoms with van der Waals surface area (Å²) in [5, 5.41) is 11.2. The van der Waals surface area contributed by atoms with Crippen LogP contribution >= 0.6 is 0 Å². The molecule has 148 valence electrons. The number of nitrogens with one attached hydrogen (secondary N) is 1. The Kier molecular flexibility index (Phi) is 5.71. The van der Waals surface area contributed by atoms with Crippen LogP contribution in [0.2, 0.25) is 0 Å². The number of likely N-dealkylation sites (tertiary alicyclic amines) is 1. The van der Waals surface area contributed by atoms with Crippen LogP contribution in [0.15, 0.2) is 6.20 Å². The predicted molar refractivity (Wildman–Crippen MR) is 97.7 cm³/mol. The smallest absolute Gasteiger partial charge is 0.223 e. The Hall–Kier alpha value is -1.96. The molecule has 1 aromatic heterocycles. The lowest BCUT2D eigenvalue weighted by Gasteiger charge is -2.41. The largest absolute Gasteiger partial charge is 0.370 e. The summed E-state index contributed by atoms with van der Waals surface area (Å²) in [7, 11) is 0. The molecule has 2 aliphatic heterocycles. The third-order valence-corrected chi connectivity index (χ3v) is 6.07. The number of amides is 2. The SMILES string of the molecule is O=C(CCC(=O)N1CC[C@@H]2OCc3cnnn3[C@H]2C1)NC1CCCCCC1. The quantitative estimate of drug-likeness (QED) is 0.807. The van der Waals surface area contributed by atoms with E-state index in [0.717, 1.165) is 25.0 Å². The van der Waals surface area contributed by atoms with Gasteiger partial charge in [0.25, 0.3) is 0 Å². The van der Waals surface area contributed by atoms with Crippen molar-refractivity contribution in [3.05, 3.63) is 11.9 Å². The zero-order chi connectivity index (χ0) is 18.6. The molecule has 3 aliphatic rings. The van der Waals surface area contributed by atoms with Crippen molar-refractivity contribution in [3.8, 4) is 0 Å². The lowest BCUT2D eigenvalue weighted by molar-refractivity contribution is -0.139. The van der Waals surface area contributed by atoms with Crippen LogP contribution in [0.5, 0.6) is 0 Å². The number of ether oxygens (including phenoxy) is 1. The van der Waals surface area contributed by atoms with Crippen molar-refractivity contribution in [2.45, 2.75) is 82.6 Å². The van der Waals surface area contributed by atoms with E-state index in [4.69, 9.17) is 4.74 Å². The standard InChI is InChI=1S/C19H29N5O3/c25-18(21-14-5-3-1-2-4-6-14)7-8-19(26)23-10-9-17-16(12-23)24-15(13-27-17)11-20-22-24/h11,14,16-17H,1-10,12-13H2,(H,21,25)/t16-,17-/m0/s1. The third-order valence-electron chi connectivity index (χ3n) is 6.07. The van der Waals surface area contributed by atoms with E-state index in [1.807, 2.05) is 9.58 Å². The van der Waals surface area contributed by atoms with E-state index in [9.17, 15) is 9.59 Å². The molecule has 2 amide bonds. The molecule has 27 heavy (non-hydrogen) atoms. The molecule has 2 fully saturated rings. The van der Waals surface area contributed by atoms with E-state index in [2.05, 4.69) is 15.6 Å². The number of carbonyl (C=O) groups excluding carboxylic acids is 2. The molecule has 0 aromatic carbocycles. The molecule has 0 unspecified atom stereocenters. The van der Waals surface area contributed by atoms with Gasteiger partial charge in [-0.2, -0.15) is 0 Å². The van der Waals surface area contributed by atoms with Gasteiger partial charge in [-0.15, -0.1) is 5.10 Å². The van der Waals surface area contributed by atoms with Crippen LogP contribution in [-0.4, -0.2) is 56.9 Å². The minimum absolute atomic E-state index is 0.00435. The Morgan fingerprint density at radius 3 is 2.78 bits per heavy atom. The number of nitrogens with zero attached hydrogens (tertiary/aromatic N) is 4. The highest BCUT2D eigenvalue weighted by atomic mass is 16.5. The summed E-state index contributed by atoms with van der Waals surface area (Å²) < 4.78 is 7.78. The number of carbonyl (C=O) groups is 2. The first-order valence-electron chi connectivity index (χ1n) is 10.3. The maximum atomic E-state index is 12.6. The molecule has 1 saturated carbocycles. The highest BCUT2D eigenvalue weighted by molar-refractivity contribution is 5.84. The van der Waals surface area contributed by atoms with Gasteiger partial charge in [-0.3, -0.25) is 9.59 Å². The van der Waals surface area contributed by atoms with Crippen molar-refractivity contribution < 1.29 is 14.3 Å². The number of fused-ring (bicyclic) bond motifs is 3. The second-order valence-corrected chi connectivity index (χ2v) is 7.97. The van der Waals surface area contributed by atoms with Crippen molar-refractivity contribution in [2.24, 2.45) is 0 Å². The summed E-state index contributed by atoms with van der Waals surface area (Å²) in [5.74, 6) is 0.0430. The molecule has 3 heterocycles. The molecule has 8 nitrogen and oxygen atoms in total. The molecule has 4 rings (SSSR count). The zero-order valence-electron chi connectivity index (χ0n) is 15.8. The van der Waals surface area contributed by atoms with Crippen LogP contribution in [0.4, 0.5) is 0 Å². The summed E-state index contributed by atoms with van der Waals surface area (Å²) in [6.07, 6.45) is 10.2. The van der Waals surface area contributed by atoms with E-state index < -0.39 is 0 Å².